The zero-order chi connectivity index (χ0) is 32.2. The number of carbonyl (C=O) groups excluding carboxylic acids is 1. The van der Waals surface area contributed by atoms with E-state index in [2.05, 4.69) is 20.0 Å². The Labute approximate surface area is 257 Å². The summed E-state index contributed by atoms with van der Waals surface area (Å²) in [5, 5.41) is 25.7. The van der Waals surface area contributed by atoms with Gasteiger partial charge in [-0.3, -0.25) is 13.9 Å². The molecule has 0 amide bonds. The number of para-hydroxylation sites is 1. The Hall–Kier alpha value is -3.40. The molecule has 1 saturated heterocycles. The summed E-state index contributed by atoms with van der Waals surface area (Å²) < 4.78 is 59.7. The van der Waals surface area contributed by atoms with Crippen LogP contribution in [0.1, 0.15) is 59.1 Å². The van der Waals surface area contributed by atoms with Crippen LogP contribution in [0.3, 0.4) is 0 Å². The van der Waals surface area contributed by atoms with Crippen LogP contribution in [0.2, 0.25) is 0 Å². The number of aliphatic hydroxyl groups is 2. The van der Waals surface area contributed by atoms with Crippen molar-refractivity contribution in [2.45, 2.75) is 94.4 Å². The summed E-state index contributed by atoms with van der Waals surface area (Å²) in [5.74, 6) is -3.80. The molecule has 15 nitrogen and oxygen atoms in total. The number of esters is 1. The molecule has 3 aromatic rings. The third kappa shape index (κ3) is 5.32. The molecule has 17 heteroatoms. The number of nitrogens with zero attached hydrogens (tertiary/aromatic N) is 4. The number of carbonyl (C=O) groups is 1. The maximum atomic E-state index is 16.5. The Morgan fingerprint density at radius 3 is 2.60 bits per heavy atom. The molecule has 2 aromatic heterocycles. The molecule has 2 aliphatic carbocycles. The average Bonchev–Trinajstić information content (AvgIpc) is 3.23. The second kappa shape index (κ2) is 11.4. The normalized spacial score (nSPS) is 31.6. The Balaban J connectivity index is 1.25. The second-order valence-corrected chi connectivity index (χ2v) is 13.3. The van der Waals surface area contributed by atoms with Crippen molar-refractivity contribution >= 4 is 30.8 Å². The van der Waals surface area contributed by atoms with Crippen molar-refractivity contribution in [3.63, 3.8) is 0 Å². The fourth-order valence-corrected chi connectivity index (χ4v) is 7.66. The largest absolute Gasteiger partial charge is 0.476 e. The van der Waals surface area contributed by atoms with E-state index < -0.39 is 49.1 Å². The van der Waals surface area contributed by atoms with Gasteiger partial charge in [0.2, 0.25) is 11.8 Å². The SMILES string of the molecule is CCOc1nc(N)nc2c1ncn2[C@@H]1O[C@]2(F)[C@@H](OP(=O)(NC(C)C(=O)OC3CCCCC3)Oc3ccccc3)[C@]2(O)[C@@]1(C)O. The molecule has 0 spiro atoms. The van der Waals surface area contributed by atoms with Crippen LogP contribution in [0, 0.1) is 0 Å². The van der Waals surface area contributed by atoms with Crippen molar-refractivity contribution in [3.05, 3.63) is 36.7 Å². The Morgan fingerprint density at radius 2 is 1.96 bits per heavy atom. The molecule has 45 heavy (non-hydrogen) atoms. The molecule has 0 radical (unpaired) electrons. The number of aromatic nitrogens is 4. The van der Waals surface area contributed by atoms with Crippen LogP contribution in [-0.4, -0.2) is 77.6 Å². The van der Waals surface area contributed by atoms with Crippen LogP contribution in [0.4, 0.5) is 10.3 Å². The zero-order valence-electron chi connectivity index (χ0n) is 25.0. The van der Waals surface area contributed by atoms with Gasteiger partial charge in [-0.2, -0.15) is 15.1 Å². The molecule has 2 unspecified atom stereocenters. The van der Waals surface area contributed by atoms with Crippen molar-refractivity contribution in [1.29, 1.82) is 0 Å². The summed E-state index contributed by atoms with van der Waals surface area (Å²) in [4.78, 5) is 25.2. The highest BCUT2D eigenvalue weighted by atomic mass is 31.2. The third-order valence-electron chi connectivity index (χ3n) is 8.38. The van der Waals surface area contributed by atoms with E-state index in [4.69, 9.17) is 29.0 Å². The maximum absolute atomic E-state index is 16.5. The lowest BCUT2D eigenvalue weighted by molar-refractivity contribution is -0.178. The van der Waals surface area contributed by atoms with Gasteiger partial charge in [0.25, 0.3) is 5.85 Å². The number of ether oxygens (including phenoxy) is 3. The van der Waals surface area contributed by atoms with E-state index >= 15 is 4.39 Å². The smallest absolute Gasteiger partial charge is 0.460 e. The first-order chi connectivity index (χ1) is 21.3. The van der Waals surface area contributed by atoms with Crippen molar-refractivity contribution < 1.29 is 47.2 Å². The maximum Gasteiger partial charge on any atom is 0.460 e. The summed E-state index contributed by atoms with van der Waals surface area (Å²) in [5.41, 5.74) is 0.891. The lowest BCUT2D eigenvalue weighted by Crippen LogP contribution is -2.49. The first-order valence-corrected chi connectivity index (χ1v) is 16.3. The highest BCUT2D eigenvalue weighted by Crippen LogP contribution is 2.72. The van der Waals surface area contributed by atoms with E-state index in [1.54, 1.807) is 25.1 Å². The molecule has 6 rings (SSSR count). The molecule has 3 aliphatic rings. The fraction of sp³-hybridized carbons (Fsp3) is 0.571. The minimum absolute atomic E-state index is 0.0484. The number of imidazole rings is 1. The number of nitrogens with one attached hydrogen (secondary N) is 1. The van der Waals surface area contributed by atoms with E-state index in [-0.39, 0.29) is 41.5 Å². The number of nitrogen functional groups attached to an aromatic ring is 1. The summed E-state index contributed by atoms with van der Waals surface area (Å²) in [7, 11) is -4.65. The van der Waals surface area contributed by atoms with Gasteiger partial charge in [0.1, 0.15) is 23.5 Å². The Bertz CT molecular complexity index is 1620. The van der Waals surface area contributed by atoms with Gasteiger partial charge in [0.15, 0.2) is 29.1 Å². The van der Waals surface area contributed by atoms with Gasteiger partial charge in [-0.1, -0.05) is 24.6 Å². The second-order valence-electron chi connectivity index (χ2n) is 11.6. The van der Waals surface area contributed by atoms with E-state index in [9.17, 15) is 19.6 Å². The van der Waals surface area contributed by atoms with Crippen LogP contribution >= 0.6 is 7.75 Å². The van der Waals surface area contributed by atoms with E-state index in [1.807, 2.05) is 0 Å². The van der Waals surface area contributed by atoms with Gasteiger partial charge < -0.3 is 34.7 Å². The number of rotatable bonds is 11. The number of anilines is 1. The van der Waals surface area contributed by atoms with Crippen LogP contribution in [0.5, 0.6) is 11.6 Å². The lowest BCUT2D eigenvalue weighted by Gasteiger charge is -2.33. The summed E-state index contributed by atoms with van der Waals surface area (Å²) >= 11 is 0. The summed E-state index contributed by atoms with van der Waals surface area (Å²) in [6.07, 6.45) is 1.70. The molecule has 7 atom stereocenters. The first-order valence-electron chi connectivity index (χ1n) is 14.8. The highest BCUT2D eigenvalue weighted by molar-refractivity contribution is 7.52. The van der Waals surface area contributed by atoms with Crippen LogP contribution < -0.4 is 20.1 Å². The fourth-order valence-electron chi connectivity index (χ4n) is 5.96. The van der Waals surface area contributed by atoms with Crippen LogP contribution in [0.25, 0.3) is 11.2 Å². The summed E-state index contributed by atoms with van der Waals surface area (Å²) in [6, 6.07) is 6.67. The molecule has 0 bridgehead atoms. The molecule has 244 valence electrons. The van der Waals surface area contributed by atoms with Crippen LogP contribution in [-0.2, 0) is 23.4 Å². The van der Waals surface area contributed by atoms with Crippen molar-refractivity contribution in [2.75, 3.05) is 12.3 Å². The Kier molecular flexibility index (Phi) is 8.03. The molecule has 3 heterocycles. The van der Waals surface area contributed by atoms with E-state index in [0.717, 1.165) is 39.0 Å². The van der Waals surface area contributed by atoms with Gasteiger partial charge in [0, 0.05) is 0 Å². The van der Waals surface area contributed by atoms with Crippen LogP contribution in [0.15, 0.2) is 36.7 Å². The lowest BCUT2D eigenvalue weighted by atomic mass is 9.95. The minimum atomic E-state index is -4.65. The quantitative estimate of drug-likeness (QED) is 0.174. The Morgan fingerprint density at radius 1 is 1.24 bits per heavy atom. The molecule has 3 fully saturated rings. The molecule has 5 N–H and O–H groups in total. The predicted octanol–water partition coefficient (Wildman–Crippen LogP) is 2.92. The van der Waals surface area contributed by atoms with E-state index in [0.29, 0.717) is 0 Å². The van der Waals surface area contributed by atoms with Crippen molar-refractivity contribution in [3.8, 4) is 11.6 Å². The van der Waals surface area contributed by atoms with Gasteiger partial charge >= 0.3 is 13.7 Å². The zero-order valence-corrected chi connectivity index (χ0v) is 25.9. The van der Waals surface area contributed by atoms with Gasteiger partial charge in [-0.05, 0) is 58.6 Å². The highest BCUT2D eigenvalue weighted by Gasteiger charge is 2.95. The van der Waals surface area contributed by atoms with Gasteiger partial charge in [0.05, 0.1) is 12.9 Å². The molecule has 1 aromatic carbocycles. The van der Waals surface area contributed by atoms with Gasteiger partial charge in [-0.15, -0.1) is 0 Å². The third-order valence-corrected chi connectivity index (χ3v) is 10.0. The first kappa shape index (κ1) is 31.6. The van der Waals surface area contributed by atoms with E-state index in [1.165, 1.54) is 30.0 Å². The number of hydrogen-bond donors (Lipinski definition) is 4. The predicted molar refractivity (Wildman–Crippen MR) is 156 cm³/mol. The number of halogens is 1. The molecule has 1 aliphatic heterocycles. The minimum Gasteiger partial charge on any atom is -0.476 e. The number of hydrogen-bond acceptors (Lipinski definition) is 13. The average molecular weight is 651 g/mol. The van der Waals surface area contributed by atoms with Crippen molar-refractivity contribution in [2.24, 2.45) is 0 Å². The number of benzene rings is 1. The topological polar surface area (TPSA) is 202 Å². The molecular formula is C28H36FN6O9P. The van der Waals surface area contributed by atoms with Crippen molar-refractivity contribution in [1.82, 2.24) is 24.6 Å². The number of alkyl halides is 1. The molecule has 2 saturated carbocycles. The number of fused-ring (bicyclic) bond motifs is 2. The summed E-state index contributed by atoms with van der Waals surface area (Å²) in [6.45, 7) is 4.51. The standard InChI is InChI=1S/C28H36FN6O9P/c1-4-40-21-19-20(32-25(30)33-21)35(15-31-19)24-26(3,37)27(38)23(28(27,29)42-24)44-45(39,43-18-13-9-6-10-14-18)34-16(2)22(36)41-17-11-7-5-8-12-17/h6,9-10,13-17,23-24,37-38H,4-5,7-8,11-12H2,1-3H3,(H,34,39)(H2,30,32,33)/t16?,23-,24+,26-,27-,28+,45?/m0/s1. The monoisotopic (exact) mass is 650 g/mol. The molecular weight excluding hydrogens is 614 g/mol. The van der Waals surface area contributed by atoms with Gasteiger partial charge in [-0.25, -0.2) is 13.9 Å². The number of nitrogens with two attached hydrogens (primary N) is 1.